The molecule has 0 amide bonds. The number of rotatable bonds is 1. The van der Waals surface area contributed by atoms with E-state index in [-0.39, 0.29) is 0 Å². The van der Waals surface area contributed by atoms with Crippen molar-refractivity contribution in [3.05, 3.63) is 42.5 Å². The first kappa shape index (κ1) is 8.96. The summed E-state index contributed by atoms with van der Waals surface area (Å²) in [6.07, 6.45) is 3.47. The summed E-state index contributed by atoms with van der Waals surface area (Å²) in [5, 5.41) is 4.29. The summed E-state index contributed by atoms with van der Waals surface area (Å²) in [5.74, 6) is 1.30. The van der Waals surface area contributed by atoms with Gasteiger partial charge in [0.25, 0.3) is 5.78 Å². The third-order valence-corrected chi connectivity index (χ3v) is 2.27. The van der Waals surface area contributed by atoms with Crippen LogP contribution in [0.2, 0.25) is 0 Å². The maximum Gasteiger partial charge on any atom is 0.252 e. The average Bonchev–Trinajstić information content (AvgIpc) is 2.70. The van der Waals surface area contributed by atoms with Crippen LogP contribution in [0.1, 0.15) is 5.82 Å². The highest BCUT2D eigenvalue weighted by molar-refractivity contribution is 5.56. The zero-order valence-corrected chi connectivity index (χ0v) is 8.70. The maximum atomic E-state index is 4.29. The Bertz CT molecular complexity index is 629. The summed E-state index contributed by atoms with van der Waals surface area (Å²) in [6.45, 7) is 1.84. The first-order valence-corrected chi connectivity index (χ1v) is 4.94. The Kier molecular flexibility index (Phi) is 1.89. The molecular formula is C11H9N5. The number of aryl methyl sites for hydroxylation is 1. The van der Waals surface area contributed by atoms with Crippen molar-refractivity contribution < 1.29 is 0 Å². The minimum atomic E-state index is 0.598. The summed E-state index contributed by atoms with van der Waals surface area (Å²) >= 11 is 0. The van der Waals surface area contributed by atoms with Gasteiger partial charge in [0, 0.05) is 12.4 Å². The third-order valence-electron chi connectivity index (χ3n) is 2.27. The van der Waals surface area contributed by atoms with Crippen LogP contribution in [0.4, 0.5) is 0 Å². The van der Waals surface area contributed by atoms with E-state index in [1.165, 1.54) is 0 Å². The average molecular weight is 211 g/mol. The molecule has 0 fully saturated rings. The predicted molar refractivity (Wildman–Crippen MR) is 58.8 cm³/mol. The first-order chi connectivity index (χ1) is 7.84. The lowest BCUT2D eigenvalue weighted by Crippen LogP contribution is -1.97. The maximum absolute atomic E-state index is 4.29. The first-order valence-electron chi connectivity index (χ1n) is 4.94. The lowest BCUT2D eigenvalue weighted by molar-refractivity contribution is 0.919. The van der Waals surface area contributed by atoms with Crippen LogP contribution in [0, 0.1) is 6.92 Å². The van der Waals surface area contributed by atoms with Crippen molar-refractivity contribution in [2.24, 2.45) is 0 Å². The van der Waals surface area contributed by atoms with E-state index in [1.807, 2.05) is 31.2 Å². The number of aromatic nitrogens is 5. The molecule has 78 valence electrons. The monoisotopic (exact) mass is 211 g/mol. The second kappa shape index (κ2) is 3.37. The minimum absolute atomic E-state index is 0.598. The molecule has 5 nitrogen and oxygen atoms in total. The summed E-state index contributed by atoms with van der Waals surface area (Å²) in [7, 11) is 0. The van der Waals surface area contributed by atoms with Gasteiger partial charge in [-0.1, -0.05) is 6.07 Å². The molecule has 0 N–H and O–H groups in total. The van der Waals surface area contributed by atoms with Gasteiger partial charge in [0.15, 0.2) is 0 Å². The molecule has 0 bridgehead atoms. The van der Waals surface area contributed by atoms with Crippen molar-refractivity contribution in [1.29, 1.82) is 0 Å². The van der Waals surface area contributed by atoms with Gasteiger partial charge in [-0.05, 0) is 25.1 Å². The van der Waals surface area contributed by atoms with Gasteiger partial charge in [0.05, 0.1) is 11.4 Å². The Balaban J connectivity index is 2.31. The molecule has 0 unspecified atom stereocenters. The molecule has 16 heavy (non-hydrogen) atoms. The molecular weight excluding hydrogens is 202 g/mol. The van der Waals surface area contributed by atoms with Crippen molar-refractivity contribution in [3.63, 3.8) is 0 Å². The molecule has 0 aliphatic rings. The van der Waals surface area contributed by atoms with Crippen LogP contribution in [0.5, 0.6) is 0 Å². The highest BCUT2D eigenvalue weighted by atomic mass is 15.3. The topological polar surface area (TPSA) is 56.0 Å². The Morgan fingerprint density at radius 1 is 1.06 bits per heavy atom. The van der Waals surface area contributed by atoms with Gasteiger partial charge in [0.2, 0.25) is 0 Å². The molecule has 0 saturated heterocycles. The van der Waals surface area contributed by atoms with E-state index in [0.717, 1.165) is 11.4 Å². The van der Waals surface area contributed by atoms with Gasteiger partial charge in [-0.25, -0.2) is 4.98 Å². The summed E-state index contributed by atoms with van der Waals surface area (Å²) in [6, 6.07) is 7.64. The van der Waals surface area contributed by atoms with Crippen LogP contribution < -0.4 is 0 Å². The minimum Gasteiger partial charge on any atom is -0.255 e. The van der Waals surface area contributed by atoms with Crippen LogP contribution in [0.15, 0.2) is 36.7 Å². The van der Waals surface area contributed by atoms with E-state index in [0.29, 0.717) is 11.6 Å². The van der Waals surface area contributed by atoms with Crippen molar-refractivity contribution in [1.82, 2.24) is 24.6 Å². The third kappa shape index (κ3) is 1.33. The Labute approximate surface area is 91.8 Å². The number of nitrogens with zero attached hydrogens (tertiary/aromatic N) is 5. The van der Waals surface area contributed by atoms with Gasteiger partial charge < -0.3 is 0 Å². The van der Waals surface area contributed by atoms with Gasteiger partial charge >= 0.3 is 0 Å². The van der Waals surface area contributed by atoms with E-state index < -0.39 is 0 Å². The van der Waals surface area contributed by atoms with E-state index in [9.17, 15) is 0 Å². The van der Waals surface area contributed by atoms with E-state index >= 15 is 0 Å². The molecule has 0 aliphatic carbocycles. The van der Waals surface area contributed by atoms with Crippen molar-refractivity contribution in [2.45, 2.75) is 6.92 Å². The predicted octanol–water partition coefficient (Wildman–Crippen LogP) is 1.49. The fourth-order valence-electron chi connectivity index (χ4n) is 1.60. The quantitative estimate of drug-likeness (QED) is 0.612. The highest BCUT2D eigenvalue weighted by Gasteiger charge is 2.07. The summed E-state index contributed by atoms with van der Waals surface area (Å²) < 4.78 is 1.71. The standard InChI is InChI=1S/C11H9N5/c1-8-14-11-13-7-5-10(16(11)15-8)9-4-2-3-6-12-9/h2-7H,1H3. The number of fused-ring (bicyclic) bond motifs is 1. The molecule has 3 rings (SSSR count). The fraction of sp³-hybridized carbons (Fsp3) is 0.0909. The molecule has 0 aromatic carbocycles. The largest absolute Gasteiger partial charge is 0.255 e. The molecule has 0 saturated carbocycles. The highest BCUT2D eigenvalue weighted by Crippen LogP contribution is 2.15. The molecule has 0 aliphatic heterocycles. The second-order valence-corrected chi connectivity index (χ2v) is 3.42. The molecule has 5 heteroatoms. The van der Waals surface area contributed by atoms with Crippen LogP contribution in [-0.4, -0.2) is 24.6 Å². The Morgan fingerprint density at radius 3 is 2.81 bits per heavy atom. The summed E-state index contributed by atoms with van der Waals surface area (Å²) in [4.78, 5) is 12.7. The molecule has 3 heterocycles. The lowest BCUT2D eigenvalue weighted by atomic mass is 10.2. The van der Waals surface area contributed by atoms with E-state index in [2.05, 4.69) is 20.1 Å². The Hall–Kier alpha value is -2.30. The lowest BCUT2D eigenvalue weighted by Gasteiger charge is -2.01. The van der Waals surface area contributed by atoms with Crippen LogP contribution in [0.25, 0.3) is 17.2 Å². The normalized spacial score (nSPS) is 10.8. The summed E-state index contributed by atoms with van der Waals surface area (Å²) in [5.41, 5.74) is 1.76. The number of pyridine rings is 1. The second-order valence-electron chi connectivity index (χ2n) is 3.42. The molecule has 3 aromatic rings. The van der Waals surface area contributed by atoms with Gasteiger partial charge in [-0.2, -0.15) is 9.50 Å². The van der Waals surface area contributed by atoms with Gasteiger partial charge in [-0.3, -0.25) is 4.98 Å². The van der Waals surface area contributed by atoms with Crippen LogP contribution in [-0.2, 0) is 0 Å². The SMILES string of the molecule is Cc1nc2nccc(-c3ccccn3)n2n1. The van der Waals surface area contributed by atoms with Crippen LogP contribution in [0.3, 0.4) is 0 Å². The van der Waals surface area contributed by atoms with Crippen molar-refractivity contribution >= 4 is 5.78 Å². The molecule has 0 radical (unpaired) electrons. The van der Waals surface area contributed by atoms with Gasteiger partial charge in [0.1, 0.15) is 5.82 Å². The molecule has 0 spiro atoms. The Morgan fingerprint density at radius 2 is 2.00 bits per heavy atom. The smallest absolute Gasteiger partial charge is 0.252 e. The van der Waals surface area contributed by atoms with E-state index in [4.69, 9.17) is 0 Å². The van der Waals surface area contributed by atoms with E-state index in [1.54, 1.807) is 16.9 Å². The molecule has 0 atom stereocenters. The zero-order valence-electron chi connectivity index (χ0n) is 8.70. The van der Waals surface area contributed by atoms with Crippen LogP contribution >= 0.6 is 0 Å². The fourth-order valence-corrected chi connectivity index (χ4v) is 1.60. The molecule has 3 aromatic heterocycles. The number of hydrogen-bond donors (Lipinski definition) is 0. The van der Waals surface area contributed by atoms with Crippen molar-refractivity contribution in [2.75, 3.05) is 0 Å². The number of hydrogen-bond acceptors (Lipinski definition) is 4. The van der Waals surface area contributed by atoms with Gasteiger partial charge in [-0.15, -0.1) is 5.10 Å². The van der Waals surface area contributed by atoms with Crippen molar-refractivity contribution in [3.8, 4) is 11.4 Å². The zero-order chi connectivity index (χ0) is 11.0.